The minimum atomic E-state index is -0.921. The van der Waals surface area contributed by atoms with E-state index in [1.54, 1.807) is 17.0 Å². The van der Waals surface area contributed by atoms with E-state index in [0.29, 0.717) is 23.8 Å². The van der Waals surface area contributed by atoms with E-state index < -0.39 is 5.97 Å². The number of carbonyl (C=O) groups excluding carboxylic acids is 1. The number of hydrogen-bond donors (Lipinski definition) is 1. The van der Waals surface area contributed by atoms with Crippen molar-refractivity contribution in [3.63, 3.8) is 0 Å². The normalized spacial score (nSPS) is 18.1. The molecule has 1 N–H and O–H groups in total. The Hall–Kier alpha value is -1.84. The molecule has 4 heteroatoms. The number of benzene rings is 1. The first-order valence-electron chi connectivity index (χ1n) is 7.93. The molecule has 22 heavy (non-hydrogen) atoms. The van der Waals surface area contributed by atoms with Gasteiger partial charge in [0.25, 0.3) is 0 Å². The lowest BCUT2D eigenvalue weighted by atomic mass is 9.93. The van der Waals surface area contributed by atoms with Gasteiger partial charge in [-0.05, 0) is 47.9 Å². The van der Waals surface area contributed by atoms with Crippen LogP contribution in [0.3, 0.4) is 0 Å². The minimum Gasteiger partial charge on any atom is -0.478 e. The number of hydrogen-bond acceptors (Lipinski definition) is 2. The van der Waals surface area contributed by atoms with Crippen LogP contribution in [0.1, 0.15) is 61.1 Å². The van der Waals surface area contributed by atoms with E-state index in [4.69, 9.17) is 5.11 Å². The number of carboxylic acid groups (broad SMARTS) is 1. The number of amides is 1. The summed E-state index contributed by atoms with van der Waals surface area (Å²) in [4.78, 5) is 25.4. The van der Waals surface area contributed by atoms with Crippen LogP contribution < -0.4 is 0 Å². The first-order chi connectivity index (χ1) is 10.3. The fourth-order valence-corrected chi connectivity index (χ4v) is 2.94. The first kappa shape index (κ1) is 16.5. The predicted molar refractivity (Wildman–Crippen MR) is 85.9 cm³/mol. The Morgan fingerprint density at radius 3 is 2.59 bits per heavy atom. The average molecular weight is 303 g/mol. The third kappa shape index (κ3) is 3.32. The molecule has 0 spiro atoms. The van der Waals surface area contributed by atoms with Gasteiger partial charge in [-0.3, -0.25) is 4.79 Å². The summed E-state index contributed by atoms with van der Waals surface area (Å²) in [5.74, 6) is 0.0450. The molecule has 0 heterocycles. The molecule has 1 aromatic rings. The fraction of sp³-hybridized carbons (Fsp3) is 0.556. The summed E-state index contributed by atoms with van der Waals surface area (Å²) >= 11 is 0. The van der Waals surface area contributed by atoms with E-state index in [1.807, 2.05) is 13.1 Å². The van der Waals surface area contributed by atoms with Crippen molar-refractivity contribution in [2.45, 2.75) is 46.1 Å². The minimum absolute atomic E-state index is 0.00108. The molecule has 0 aliphatic heterocycles. The summed E-state index contributed by atoms with van der Waals surface area (Å²) in [6.45, 7) is 6.35. The monoisotopic (exact) mass is 303 g/mol. The molecule has 2 rings (SSSR count). The van der Waals surface area contributed by atoms with Gasteiger partial charge in [-0.25, -0.2) is 4.79 Å². The van der Waals surface area contributed by atoms with Gasteiger partial charge in [-0.2, -0.15) is 0 Å². The first-order valence-corrected chi connectivity index (χ1v) is 7.93. The third-order valence-electron chi connectivity index (χ3n) is 4.93. The molecule has 120 valence electrons. The van der Waals surface area contributed by atoms with Crippen LogP contribution in [-0.4, -0.2) is 28.9 Å². The molecule has 0 saturated carbocycles. The topological polar surface area (TPSA) is 57.6 Å². The highest BCUT2D eigenvalue weighted by atomic mass is 16.4. The third-order valence-corrected chi connectivity index (χ3v) is 4.93. The summed E-state index contributed by atoms with van der Waals surface area (Å²) in [7, 11) is 1.84. The quantitative estimate of drug-likeness (QED) is 0.905. The number of aryl methyl sites for hydroxylation is 1. The summed E-state index contributed by atoms with van der Waals surface area (Å²) in [5.41, 5.74) is 2.45. The summed E-state index contributed by atoms with van der Waals surface area (Å²) in [6.07, 6.45) is 2.31. The van der Waals surface area contributed by atoms with Crippen molar-refractivity contribution < 1.29 is 14.7 Å². The van der Waals surface area contributed by atoms with Crippen LogP contribution in [-0.2, 0) is 11.2 Å². The SMILES string of the molecule is CC(C)C(C)CC(=O)N(C)[C@@H]1CCc2ccc(C(=O)O)cc21. The highest BCUT2D eigenvalue weighted by Gasteiger charge is 2.30. The molecule has 1 aliphatic rings. The number of rotatable bonds is 5. The molecule has 0 saturated heterocycles. The van der Waals surface area contributed by atoms with Gasteiger partial charge in [0.2, 0.25) is 5.91 Å². The van der Waals surface area contributed by atoms with Crippen LogP contribution in [0, 0.1) is 11.8 Å². The van der Waals surface area contributed by atoms with Crippen LogP contribution in [0.2, 0.25) is 0 Å². The van der Waals surface area contributed by atoms with E-state index in [1.165, 1.54) is 0 Å². The van der Waals surface area contributed by atoms with Crippen LogP contribution in [0.5, 0.6) is 0 Å². The lowest BCUT2D eigenvalue weighted by molar-refractivity contribution is -0.133. The molecule has 0 bridgehead atoms. The predicted octanol–water partition coefficient (Wildman–Crippen LogP) is 3.51. The lowest BCUT2D eigenvalue weighted by Gasteiger charge is -2.27. The maximum Gasteiger partial charge on any atom is 0.335 e. The number of carboxylic acids is 1. The molecule has 1 unspecified atom stereocenters. The summed E-state index contributed by atoms with van der Waals surface area (Å²) in [5, 5.41) is 9.15. The van der Waals surface area contributed by atoms with Crippen molar-refractivity contribution in [3.05, 3.63) is 34.9 Å². The van der Waals surface area contributed by atoms with Gasteiger partial charge in [0.1, 0.15) is 0 Å². The maximum atomic E-state index is 12.5. The molecule has 1 amide bonds. The second kappa shape index (κ2) is 6.51. The van der Waals surface area contributed by atoms with Crippen LogP contribution in [0.25, 0.3) is 0 Å². The van der Waals surface area contributed by atoms with Crippen LogP contribution in [0.4, 0.5) is 0 Å². The highest BCUT2D eigenvalue weighted by Crippen LogP contribution is 2.36. The molecule has 2 atom stereocenters. The molecule has 1 aliphatic carbocycles. The zero-order chi connectivity index (χ0) is 16.4. The van der Waals surface area contributed by atoms with E-state index in [-0.39, 0.29) is 11.9 Å². The highest BCUT2D eigenvalue weighted by molar-refractivity contribution is 5.88. The van der Waals surface area contributed by atoms with Crippen molar-refractivity contribution in [1.82, 2.24) is 4.90 Å². The van der Waals surface area contributed by atoms with Gasteiger partial charge in [-0.15, -0.1) is 0 Å². The molecule has 1 aromatic carbocycles. The zero-order valence-corrected chi connectivity index (χ0v) is 13.8. The van der Waals surface area contributed by atoms with Crippen LogP contribution in [0.15, 0.2) is 18.2 Å². The average Bonchev–Trinajstić information content (AvgIpc) is 2.88. The maximum absolute atomic E-state index is 12.5. The zero-order valence-electron chi connectivity index (χ0n) is 13.8. The standard InChI is InChI=1S/C18H25NO3/c1-11(2)12(3)9-17(20)19(4)16-8-7-13-5-6-14(18(21)22)10-15(13)16/h5-6,10-12,16H,7-9H2,1-4H3,(H,21,22)/t12?,16-/m1/s1. The van der Waals surface area contributed by atoms with Crippen molar-refractivity contribution in [2.24, 2.45) is 11.8 Å². The summed E-state index contributed by atoms with van der Waals surface area (Å²) < 4.78 is 0. The van der Waals surface area contributed by atoms with Crippen molar-refractivity contribution in [3.8, 4) is 0 Å². The number of nitrogens with zero attached hydrogens (tertiary/aromatic N) is 1. The molecule has 4 nitrogen and oxygen atoms in total. The largest absolute Gasteiger partial charge is 0.478 e. The van der Waals surface area contributed by atoms with Crippen molar-refractivity contribution >= 4 is 11.9 Å². The van der Waals surface area contributed by atoms with Gasteiger partial charge >= 0.3 is 5.97 Å². The Morgan fingerprint density at radius 1 is 1.32 bits per heavy atom. The number of carbonyl (C=O) groups is 2. The smallest absolute Gasteiger partial charge is 0.335 e. The second-order valence-electron chi connectivity index (χ2n) is 6.70. The molecule has 0 aromatic heterocycles. The number of aromatic carboxylic acids is 1. The van der Waals surface area contributed by atoms with Gasteiger partial charge in [0.15, 0.2) is 0 Å². The van der Waals surface area contributed by atoms with E-state index in [9.17, 15) is 9.59 Å². The molecular weight excluding hydrogens is 278 g/mol. The van der Waals surface area contributed by atoms with Gasteiger partial charge < -0.3 is 10.0 Å². The van der Waals surface area contributed by atoms with Gasteiger partial charge in [-0.1, -0.05) is 26.8 Å². The molecule has 0 fully saturated rings. The Kier molecular flexibility index (Phi) is 4.89. The van der Waals surface area contributed by atoms with E-state index in [0.717, 1.165) is 24.0 Å². The Bertz CT molecular complexity index is 580. The van der Waals surface area contributed by atoms with E-state index in [2.05, 4.69) is 20.8 Å². The number of fused-ring (bicyclic) bond motifs is 1. The molecular formula is C18H25NO3. The van der Waals surface area contributed by atoms with Crippen LogP contribution >= 0.6 is 0 Å². The molecule has 0 radical (unpaired) electrons. The summed E-state index contributed by atoms with van der Waals surface area (Å²) in [6, 6.07) is 5.26. The Balaban J connectivity index is 2.17. The second-order valence-corrected chi connectivity index (χ2v) is 6.70. The van der Waals surface area contributed by atoms with Gasteiger partial charge in [0.05, 0.1) is 11.6 Å². The lowest BCUT2D eigenvalue weighted by Crippen LogP contribution is -2.31. The van der Waals surface area contributed by atoms with Gasteiger partial charge in [0, 0.05) is 13.5 Å². The van der Waals surface area contributed by atoms with Crippen molar-refractivity contribution in [1.29, 1.82) is 0 Å². The van der Waals surface area contributed by atoms with E-state index >= 15 is 0 Å². The Morgan fingerprint density at radius 2 is 2.00 bits per heavy atom. The van der Waals surface area contributed by atoms with Crippen molar-refractivity contribution in [2.75, 3.05) is 7.05 Å². The fourth-order valence-electron chi connectivity index (χ4n) is 2.94. The Labute approximate surface area is 132 Å².